The SMILES string of the molecule is CCN(C(=O)c1cnc([C@H]2CCCO2)s1)c1cccc(F)c1. The largest absolute Gasteiger partial charge is 0.371 e. The lowest BCUT2D eigenvalue weighted by molar-refractivity contribution is 0.0992. The molecule has 2 aromatic rings. The van der Waals surface area contributed by atoms with E-state index in [4.69, 9.17) is 4.74 Å². The number of ether oxygens (including phenoxy) is 1. The number of carbonyl (C=O) groups is 1. The van der Waals surface area contributed by atoms with Crippen LogP contribution in [0.3, 0.4) is 0 Å². The minimum Gasteiger partial charge on any atom is -0.371 e. The Morgan fingerprint density at radius 3 is 3.09 bits per heavy atom. The van der Waals surface area contributed by atoms with Crippen molar-refractivity contribution in [2.45, 2.75) is 25.9 Å². The highest BCUT2D eigenvalue weighted by Crippen LogP contribution is 2.32. The number of thiazole rings is 1. The van der Waals surface area contributed by atoms with Gasteiger partial charge in [0.2, 0.25) is 0 Å². The maximum atomic E-state index is 13.4. The van der Waals surface area contributed by atoms with Crippen molar-refractivity contribution in [3.8, 4) is 0 Å². The average molecular weight is 320 g/mol. The van der Waals surface area contributed by atoms with Crippen LogP contribution in [0.25, 0.3) is 0 Å². The lowest BCUT2D eigenvalue weighted by Gasteiger charge is -2.20. The molecule has 0 aliphatic carbocycles. The van der Waals surface area contributed by atoms with E-state index >= 15 is 0 Å². The first-order chi connectivity index (χ1) is 10.7. The number of benzene rings is 1. The Morgan fingerprint density at radius 1 is 1.55 bits per heavy atom. The highest BCUT2D eigenvalue weighted by atomic mass is 32.1. The molecule has 2 heterocycles. The molecular weight excluding hydrogens is 303 g/mol. The molecule has 1 fully saturated rings. The average Bonchev–Trinajstić information content (AvgIpc) is 3.19. The van der Waals surface area contributed by atoms with E-state index < -0.39 is 0 Å². The zero-order valence-electron chi connectivity index (χ0n) is 12.3. The van der Waals surface area contributed by atoms with E-state index in [1.807, 2.05) is 6.92 Å². The normalized spacial score (nSPS) is 17.6. The van der Waals surface area contributed by atoms with Gasteiger partial charge in [-0.25, -0.2) is 9.37 Å². The maximum Gasteiger partial charge on any atom is 0.269 e. The summed E-state index contributed by atoms with van der Waals surface area (Å²) in [6, 6.07) is 6.06. The van der Waals surface area contributed by atoms with Crippen molar-refractivity contribution in [2.75, 3.05) is 18.1 Å². The van der Waals surface area contributed by atoms with Gasteiger partial charge in [-0.3, -0.25) is 4.79 Å². The van der Waals surface area contributed by atoms with Crippen molar-refractivity contribution in [1.29, 1.82) is 0 Å². The molecule has 0 radical (unpaired) electrons. The number of aromatic nitrogens is 1. The second-order valence-corrected chi connectivity index (χ2v) is 6.16. The molecule has 0 bridgehead atoms. The fourth-order valence-corrected chi connectivity index (χ4v) is 3.48. The molecule has 1 amide bonds. The number of amides is 1. The quantitative estimate of drug-likeness (QED) is 0.860. The molecule has 0 spiro atoms. The Hall–Kier alpha value is -1.79. The van der Waals surface area contributed by atoms with E-state index in [9.17, 15) is 9.18 Å². The first-order valence-corrected chi connectivity index (χ1v) is 8.15. The van der Waals surface area contributed by atoms with Crippen LogP contribution in [-0.4, -0.2) is 24.0 Å². The minimum atomic E-state index is -0.354. The lowest BCUT2D eigenvalue weighted by atomic mass is 10.2. The highest BCUT2D eigenvalue weighted by molar-refractivity contribution is 7.13. The van der Waals surface area contributed by atoms with Crippen molar-refractivity contribution < 1.29 is 13.9 Å². The van der Waals surface area contributed by atoms with Gasteiger partial charge in [0, 0.05) is 18.8 Å². The van der Waals surface area contributed by atoms with Gasteiger partial charge in [-0.2, -0.15) is 0 Å². The van der Waals surface area contributed by atoms with Gasteiger partial charge in [-0.15, -0.1) is 11.3 Å². The predicted octanol–water partition coefficient (Wildman–Crippen LogP) is 3.80. The Balaban J connectivity index is 1.82. The highest BCUT2D eigenvalue weighted by Gasteiger charge is 2.24. The summed E-state index contributed by atoms with van der Waals surface area (Å²) in [6.07, 6.45) is 3.57. The van der Waals surface area contributed by atoms with E-state index in [0.717, 1.165) is 24.5 Å². The predicted molar refractivity (Wildman–Crippen MR) is 83.8 cm³/mol. The number of nitrogens with zero attached hydrogens (tertiary/aromatic N) is 2. The molecule has 116 valence electrons. The van der Waals surface area contributed by atoms with Crippen LogP contribution in [0.15, 0.2) is 30.5 Å². The number of hydrogen-bond acceptors (Lipinski definition) is 4. The van der Waals surface area contributed by atoms with E-state index in [1.54, 1.807) is 23.2 Å². The van der Waals surface area contributed by atoms with Gasteiger partial charge < -0.3 is 9.64 Å². The van der Waals surface area contributed by atoms with E-state index in [0.29, 0.717) is 17.1 Å². The van der Waals surface area contributed by atoms with Crippen molar-refractivity contribution in [3.63, 3.8) is 0 Å². The Morgan fingerprint density at radius 2 is 2.41 bits per heavy atom. The third-order valence-electron chi connectivity index (χ3n) is 3.62. The van der Waals surface area contributed by atoms with Crippen molar-refractivity contribution >= 4 is 22.9 Å². The lowest BCUT2D eigenvalue weighted by Crippen LogP contribution is -2.30. The number of rotatable bonds is 4. The van der Waals surface area contributed by atoms with Crippen LogP contribution in [0.4, 0.5) is 10.1 Å². The monoisotopic (exact) mass is 320 g/mol. The van der Waals surface area contributed by atoms with Crippen LogP contribution < -0.4 is 4.90 Å². The molecule has 4 nitrogen and oxygen atoms in total. The number of anilines is 1. The molecule has 0 saturated carbocycles. The summed E-state index contributed by atoms with van der Waals surface area (Å²) in [7, 11) is 0. The molecule has 1 aliphatic heterocycles. The first kappa shape index (κ1) is 15.1. The molecule has 1 aromatic heterocycles. The summed E-state index contributed by atoms with van der Waals surface area (Å²) in [4.78, 5) is 19.1. The van der Waals surface area contributed by atoms with Gasteiger partial charge >= 0.3 is 0 Å². The van der Waals surface area contributed by atoms with Gasteiger partial charge in [0.1, 0.15) is 21.8 Å². The standard InChI is InChI=1S/C16H17FN2O2S/c1-2-19(12-6-3-5-11(17)9-12)16(20)14-10-18-15(22-14)13-7-4-8-21-13/h3,5-6,9-10,13H,2,4,7-8H2,1H3/t13-/m1/s1. The van der Waals surface area contributed by atoms with Gasteiger partial charge in [0.15, 0.2) is 0 Å². The van der Waals surface area contributed by atoms with Gasteiger partial charge in [0.25, 0.3) is 5.91 Å². The zero-order chi connectivity index (χ0) is 15.5. The second kappa shape index (κ2) is 6.54. The van der Waals surface area contributed by atoms with Crippen LogP contribution in [0.5, 0.6) is 0 Å². The molecular formula is C16H17FN2O2S. The molecule has 1 saturated heterocycles. The molecule has 1 atom stereocenters. The molecule has 0 unspecified atom stereocenters. The number of halogens is 1. The molecule has 1 aromatic carbocycles. The summed E-state index contributed by atoms with van der Waals surface area (Å²) >= 11 is 1.36. The summed E-state index contributed by atoms with van der Waals surface area (Å²) < 4.78 is 19.0. The topological polar surface area (TPSA) is 42.4 Å². The van der Waals surface area contributed by atoms with E-state index in [2.05, 4.69) is 4.98 Å². The summed E-state index contributed by atoms with van der Waals surface area (Å²) in [5.74, 6) is -0.511. The summed E-state index contributed by atoms with van der Waals surface area (Å²) in [5, 5.41) is 0.844. The molecule has 22 heavy (non-hydrogen) atoms. The summed E-state index contributed by atoms with van der Waals surface area (Å²) in [6.45, 7) is 3.08. The number of hydrogen-bond donors (Lipinski definition) is 0. The maximum absolute atomic E-state index is 13.4. The van der Waals surface area contributed by atoms with Crippen molar-refractivity contribution in [1.82, 2.24) is 4.98 Å². The minimum absolute atomic E-state index is 0.01000. The second-order valence-electron chi connectivity index (χ2n) is 5.09. The fraction of sp³-hybridized carbons (Fsp3) is 0.375. The molecule has 6 heteroatoms. The molecule has 1 aliphatic rings. The van der Waals surface area contributed by atoms with Crippen LogP contribution in [0, 0.1) is 5.82 Å². The zero-order valence-corrected chi connectivity index (χ0v) is 13.1. The summed E-state index contributed by atoms with van der Waals surface area (Å²) in [5.41, 5.74) is 0.555. The Bertz CT molecular complexity index is 668. The van der Waals surface area contributed by atoms with Gasteiger partial charge in [-0.1, -0.05) is 6.07 Å². The Labute approximate surface area is 132 Å². The van der Waals surface area contributed by atoms with Crippen molar-refractivity contribution in [3.05, 3.63) is 46.2 Å². The Kier molecular flexibility index (Phi) is 4.49. The van der Waals surface area contributed by atoms with Crippen molar-refractivity contribution in [2.24, 2.45) is 0 Å². The van der Waals surface area contributed by atoms with Crippen LogP contribution in [0.1, 0.15) is 40.5 Å². The first-order valence-electron chi connectivity index (χ1n) is 7.34. The third kappa shape index (κ3) is 3.03. The van der Waals surface area contributed by atoms with E-state index in [-0.39, 0.29) is 17.8 Å². The van der Waals surface area contributed by atoms with Crippen LogP contribution in [0.2, 0.25) is 0 Å². The smallest absolute Gasteiger partial charge is 0.269 e. The van der Waals surface area contributed by atoms with Crippen LogP contribution in [-0.2, 0) is 4.74 Å². The third-order valence-corrected chi connectivity index (χ3v) is 4.70. The fourth-order valence-electron chi connectivity index (χ4n) is 2.53. The molecule has 3 rings (SSSR count). The van der Waals surface area contributed by atoms with Gasteiger partial charge in [-0.05, 0) is 38.0 Å². The van der Waals surface area contributed by atoms with E-state index in [1.165, 1.54) is 23.5 Å². The molecule has 0 N–H and O–H groups in total. The van der Waals surface area contributed by atoms with Crippen LogP contribution >= 0.6 is 11.3 Å². The van der Waals surface area contributed by atoms with Gasteiger partial charge in [0.05, 0.1) is 6.20 Å². The number of carbonyl (C=O) groups excluding carboxylic acids is 1.